The van der Waals surface area contributed by atoms with E-state index in [-0.39, 0.29) is 23.8 Å². The van der Waals surface area contributed by atoms with Crippen LogP contribution in [0.3, 0.4) is 0 Å². The van der Waals surface area contributed by atoms with E-state index in [1.807, 2.05) is 6.92 Å². The van der Waals surface area contributed by atoms with E-state index >= 15 is 0 Å². The van der Waals surface area contributed by atoms with Crippen LogP contribution in [0.5, 0.6) is 0 Å². The number of rotatable bonds is 2. The molecule has 0 unspecified atom stereocenters. The highest BCUT2D eigenvalue weighted by molar-refractivity contribution is 5.85. The quantitative estimate of drug-likeness (QED) is 0.729. The highest BCUT2D eigenvalue weighted by Gasteiger charge is 2.59. The minimum Gasteiger partial charge on any atom is -0.469 e. The van der Waals surface area contributed by atoms with Gasteiger partial charge in [0.25, 0.3) is 0 Å². The van der Waals surface area contributed by atoms with E-state index in [0.29, 0.717) is 5.92 Å². The van der Waals surface area contributed by atoms with Gasteiger partial charge >= 0.3 is 11.9 Å². The van der Waals surface area contributed by atoms with Gasteiger partial charge in [0, 0.05) is 0 Å². The zero-order valence-electron chi connectivity index (χ0n) is 14.7. The number of esters is 2. The van der Waals surface area contributed by atoms with Crippen molar-refractivity contribution in [1.29, 1.82) is 0 Å². The van der Waals surface area contributed by atoms with E-state index in [2.05, 4.69) is 0 Å². The first-order valence-corrected chi connectivity index (χ1v) is 9.20. The summed E-state index contributed by atoms with van der Waals surface area (Å²) in [7, 11) is 2.86. The van der Waals surface area contributed by atoms with Gasteiger partial charge < -0.3 is 9.47 Å². The molecule has 3 aliphatic carbocycles. The molecule has 3 aliphatic rings. The molecule has 0 amide bonds. The molecule has 6 atom stereocenters. The summed E-state index contributed by atoms with van der Waals surface area (Å²) in [5.41, 5.74) is -0.729. The average Bonchev–Trinajstić information content (AvgIpc) is 2.60. The largest absolute Gasteiger partial charge is 0.469 e. The van der Waals surface area contributed by atoms with Gasteiger partial charge in [0.15, 0.2) is 0 Å². The van der Waals surface area contributed by atoms with E-state index in [4.69, 9.17) is 9.47 Å². The molecule has 0 bridgehead atoms. The van der Waals surface area contributed by atoms with Crippen molar-refractivity contribution in [2.45, 2.75) is 58.3 Å². The number of carbonyl (C=O) groups is 2. The zero-order valence-corrected chi connectivity index (χ0v) is 14.7. The highest BCUT2D eigenvalue weighted by Crippen LogP contribution is 2.59. The maximum atomic E-state index is 12.7. The van der Waals surface area contributed by atoms with E-state index < -0.39 is 5.41 Å². The van der Waals surface area contributed by atoms with Gasteiger partial charge in [0.05, 0.1) is 25.6 Å². The topological polar surface area (TPSA) is 52.6 Å². The molecule has 0 aromatic rings. The van der Waals surface area contributed by atoms with Crippen molar-refractivity contribution in [1.82, 2.24) is 0 Å². The lowest BCUT2D eigenvalue weighted by atomic mass is 9.48. The Morgan fingerprint density at radius 3 is 2.30 bits per heavy atom. The van der Waals surface area contributed by atoms with Crippen molar-refractivity contribution >= 4 is 11.9 Å². The molecule has 0 aromatic heterocycles. The third-order valence-corrected chi connectivity index (χ3v) is 7.28. The Balaban J connectivity index is 1.93. The fraction of sp³-hybridized carbons (Fsp3) is 0.895. The van der Waals surface area contributed by atoms with Crippen LogP contribution in [0.4, 0.5) is 0 Å². The van der Waals surface area contributed by atoms with Crippen LogP contribution in [-0.4, -0.2) is 26.2 Å². The molecule has 4 nitrogen and oxygen atoms in total. The Morgan fingerprint density at radius 2 is 1.61 bits per heavy atom. The number of ether oxygens (including phenoxy) is 2. The van der Waals surface area contributed by atoms with Crippen LogP contribution in [0.2, 0.25) is 0 Å². The zero-order chi connectivity index (χ0) is 16.6. The fourth-order valence-corrected chi connectivity index (χ4v) is 6.16. The maximum absolute atomic E-state index is 12.7. The van der Waals surface area contributed by atoms with Gasteiger partial charge in [-0.25, -0.2) is 0 Å². The molecule has 23 heavy (non-hydrogen) atoms. The molecule has 3 fully saturated rings. The van der Waals surface area contributed by atoms with Crippen LogP contribution in [-0.2, 0) is 19.1 Å². The summed E-state index contributed by atoms with van der Waals surface area (Å²) in [5, 5.41) is 0. The number of methoxy groups -OCH3 is 2. The average molecular weight is 322 g/mol. The Morgan fingerprint density at radius 1 is 0.870 bits per heavy atom. The molecular weight excluding hydrogens is 292 g/mol. The van der Waals surface area contributed by atoms with Gasteiger partial charge in [0.2, 0.25) is 0 Å². The lowest BCUT2D eigenvalue weighted by Gasteiger charge is -2.55. The monoisotopic (exact) mass is 322 g/mol. The van der Waals surface area contributed by atoms with Crippen molar-refractivity contribution in [3.05, 3.63) is 0 Å². The maximum Gasteiger partial charge on any atom is 0.312 e. The SMILES string of the molecule is COC(=O)[C@H]1CC[C@H]2[C@H]3CCCC[C@H]3CC[C@H]2[C@@]1(C)C(=O)OC. The smallest absolute Gasteiger partial charge is 0.312 e. The summed E-state index contributed by atoms with van der Waals surface area (Å²) in [4.78, 5) is 25.0. The third kappa shape index (κ3) is 2.58. The van der Waals surface area contributed by atoms with Crippen LogP contribution in [0.15, 0.2) is 0 Å². The van der Waals surface area contributed by atoms with Crippen LogP contribution < -0.4 is 0 Å². The Bertz CT molecular complexity index is 474. The van der Waals surface area contributed by atoms with Gasteiger partial charge in [-0.15, -0.1) is 0 Å². The first-order chi connectivity index (χ1) is 11.0. The second-order valence-corrected chi connectivity index (χ2v) is 7.98. The van der Waals surface area contributed by atoms with Crippen LogP contribution in [0.25, 0.3) is 0 Å². The second kappa shape index (κ2) is 6.45. The number of carbonyl (C=O) groups excluding carboxylic acids is 2. The first kappa shape index (κ1) is 16.8. The highest BCUT2D eigenvalue weighted by atomic mass is 16.5. The summed E-state index contributed by atoms with van der Waals surface area (Å²) >= 11 is 0. The van der Waals surface area contributed by atoms with Crippen molar-refractivity contribution in [3.8, 4) is 0 Å². The van der Waals surface area contributed by atoms with Crippen molar-refractivity contribution in [3.63, 3.8) is 0 Å². The van der Waals surface area contributed by atoms with Crippen LogP contribution >= 0.6 is 0 Å². The Hall–Kier alpha value is -1.06. The molecule has 4 heteroatoms. The van der Waals surface area contributed by atoms with Gasteiger partial charge in [-0.05, 0) is 62.7 Å². The molecule has 0 saturated heterocycles. The normalized spacial score (nSPS) is 43.0. The summed E-state index contributed by atoms with van der Waals surface area (Å²) in [5.74, 6) is 1.57. The minimum absolute atomic E-state index is 0.225. The summed E-state index contributed by atoms with van der Waals surface area (Å²) < 4.78 is 10.2. The standard InChI is InChI=1S/C19H30O4/c1-19(18(21)23-3)15-10-8-12-6-4-5-7-13(12)14(15)9-11-16(19)17(20)22-2/h12-16H,4-11H2,1-3H3/t12-,13-,14-,15+,16+,19+/m0/s1. The molecule has 0 aromatic carbocycles. The lowest BCUT2D eigenvalue weighted by Crippen LogP contribution is -2.56. The van der Waals surface area contributed by atoms with Gasteiger partial charge in [-0.3, -0.25) is 9.59 Å². The molecule has 0 spiro atoms. The second-order valence-electron chi connectivity index (χ2n) is 7.98. The number of fused-ring (bicyclic) bond motifs is 3. The molecule has 0 heterocycles. The minimum atomic E-state index is -0.729. The molecule has 0 aliphatic heterocycles. The van der Waals surface area contributed by atoms with E-state index in [1.165, 1.54) is 46.3 Å². The molecule has 3 rings (SSSR count). The number of hydrogen-bond acceptors (Lipinski definition) is 4. The molecule has 3 saturated carbocycles. The molecule has 0 radical (unpaired) electrons. The first-order valence-electron chi connectivity index (χ1n) is 9.20. The van der Waals surface area contributed by atoms with Gasteiger partial charge in [-0.1, -0.05) is 19.3 Å². The molecule has 0 N–H and O–H groups in total. The Labute approximate surface area is 139 Å². The van der Waals surface area contributed by atoms with Crippen LogP contribution in [0.1, 0.15) is 58.3 Å². The van der Waals surface area contributed by atoms with Gasteiger partial charge in [0.1, 0.15) is 0 Å². The third-order valence-electron chi connectivity index (χ3n) is 7.28. The fourth-order valence-electron chi connectivity index (χ4n) is 6.16. The molecule has 130 valence electrons. The van der Waals surface area contributed by atoms with E-state index in [1.54, 1.807) is 0 Å². The summed E-state index contributed by atoms with van der Waals surface area (Å²) in [6.07, 6.45) is 9.38. The Kier molecular flexibility index (Phi) is 4.70. The van der Waals surface area contributed by atoms with Crippen molar-refractivity contribution in [2.24, 2.45) is 35.0 Å². The van der Waals surface area contributed by atoms with Gasteiger partial charge in [-0.2, -0.15) is 0 Å². The predicted octanol–water partition coefficient (Wildman–Crippen LogP) is 3.58. The van der Waals surface area contributed by atoms with Crippen molar-refractivity contribution in [2.75, 3.05) is 14.2 Å². The number of hydrogen-bond donors (Lipinski definition) is 0. The van der Waals surface area contributed by atoms with Crippen LogP contribution in [0, 0.1) is 35.0 Å². The lowest BCUT2D eigenvalue weighted by molar-refractivity contribution is -0.182. The predicted molar refractivity (Wildman–Crippen MR) is 86.5 cm³/mol. The molecular formula is C19H30O4. The summed E-state index contributed by atoms with van der Waals surface area (Å²) in [6.45, 7) is 1.96. The van der Waals surface area contributed by atoms with Crippen molar-refractivity contribution < 1.29 is 19.1 Å². The van der Waals surface area contributed by atoms with E-state index in [9.17, 15) is 9.59 Å². The van der Waals surface area contributed by atoms with E-state index in [0.717, 1.165) is 31.1 Å². The summed E-state index contributed by atoms with van der Waals surface area (Å²) in [6, 6.07) is 0.